The van der Waals surface area contributed by atoms with Crippen LogP contribution in [0.3, 0.4) is 0 Å². The lowest BCUT2D eigenvalue weighted by Crippen LogP contribution is -2.30. The molecule has 27 heavy (non-hydrogen) atoms. The summed E-state index contributed by atoms with van der Waals surface area (Å²) in [5.41, 5.74) is 0.514. The van der Waals surface area contributed by atoms with E-state index in [2.05, 4.69) is 17.0 Å². The number of carbonyl (C=O) groups is 1. The number of rotatable bonds is 7. The number of nitrogens with one attached hydrogen (secondary N) is 2. The topological polar surface area (TPSA) is 88.4 Å². The fraction of sp³-hybridized carbons (Fsp3) is 0.350. The highest BCUT2D eigenvalue weighted by Gasteiger charge is 2.36. The van der Waals surface area contributed by atoms with Gasteiger partial charge in [0.1, 0.15) is 11.5 Å². The number of benzene rings is 1. The molecule has 7 heteroatoms. The Bertz CT molecular complexity index is 943. The van der Waals surface area contributed by atoms with Gasteiger partial charge in [0.25, 0.3) is 0 Å². The van der Waals surface area contributed by atoms with Crippen LogP contribution in [0.5, 0.6) is 0 Å². The van der Waals surface area contributed by atoms with Crippen LogP contribution >= 0.6 is 0 Å². The van der Waals surface area contributed by atoms with Gasteiger partial charge in [0.2, 0.25) is 15.9 Å². The largest absolute Gasteiger partial charge is 0.461 e. The molecular formula is C20H24N2O4S. The zero-order chi connectivity index (χ0) is 19.6. The molecule has 0 radical (unpaired) electrons. The Balaban J connectivity index is 1.58. The predicted octanol–water partition coefficient (Wildman–Crippen LogP) is 3.74. The van der Waals surface area contributed by atoms with Crippen molar-refractivity contribution in [3.05, 3.63) is 54.0 Å². The van der Waals surface area contributed by atoms with Crippen LogP contribution < -0.4 is 10.0 Å². The Morgan fingerprint density at radius 3 is 2.44 bits per heavy atom. The number of anilines is 1. The normalized spacial score (nSPS) is 19.6. The van der Waals surface area contributed by atoms with Gasteiger partial charge in [0.15, 0.2) is 0 Å². The zero-order valence-electron chi connectivity index (χ0n) is 15.6. The Morgan fingerprint density at radius 1 is 1.19 bits per heavy atom. The van der Waals surface area contributed by atoms with Crippen LogP contribution in [0.15, 0.2) is 51.8 Å². The number of furan rings is 1. The minimum Gasteiger partial charge on any atom is -0.461 e. The van der Waals surface area contributed by atoms with Gasteiger partial charge < -0.3 is 9.73 Å². The number of hydrogen-bond donors (Lipinski definition) is 2. The first-order valence-corrected chi connectivity index (χ1v) is 10.4. The molecule has 0 spiro atoms. The first-order chi connectivity index (χ1) is 12.7. The third kappa shape index (κ3) is 5.08. The SMILES string of the molecule is CC(C)NS(=O)(=O)c1ccc(NC(=O)/C=C/c2ccc(C3CC3C)o2)cc1. The third-order valence-electron chi connectivity index (χ3n) is 4.34. The molecule has 1 aromatic heterocycles. The monoisotopic (exact) mass is 388 g/mol. The average Bonchev–Trinajstić information content (AvgIpc) is 3.14. The van der Waals surface area contributed by atoms with Crippen molar-refractivity contribution in [1.82, 2.24) is 4.72 Å². The van der Waals surface area contributed by atoms with Gasteiger partial charge in [-0.05, 0) is 68.7 Å². The second-order valence-electron chi connectivity index (χ2n) is 7.18. The molecule has 0 saturated heterocycles. The molecule has 1 heterocycles. The van der Waals surface area contributed by atoms with E-state index in [1.54, 1.807) is 32.1 Å². The molecule has 6 nitrogen and oxygen atoms in total. The maximum atomic E-state index is 12.1. The van der Waals surface area contributed by atoms with Crippen molar-refractivity contribution in [3.63, 3.8) is 0 Å². The quantitative estimate of drug-likeness (QED) is 0.707. The summed E-state index contributed by atoms with van der Waals surface area (Å²) in [6.45, 7) is 5.70. The summed E-state index contributed by atoms with van der Waals surface area (Å²) in [6.07, 6.45) is 4.16. The molecule has 2 aromatic rings. The van der Waals surface area contributed by atoms with Crippen molar-refractivity contribution in [2.45, 2.75) is 44.0 Å². The van der Waals surface area contributed by atoms with Crippen LogP contribution in [0, 0.1) is 5.92 Å². The van der Waals surface area contributed by atoms with Gasteiger partial charge in [-0.3, -0.25) is 4.79 Å². The van der Waals surface area contributed by atoms with E-state index in [0.717, 1.165) is 12.2 Å². The van der Waals surface area contributed by atoms with E-state index in [0.29, 0.717) is 23.3 Å². The fourth-order valence-corrected chi connectivity index (χ4v) is 4.06. The van der Waals surface area contributed by atoms with Gasteiger partial charge in [-0.25, -0.2) is 13.1 Å². The molecule has 1 aliphatic carbocycles. The highest BCUT2D eigenvalue weighted by atomic mass is 32.2. The standard InChI is InChI=1S/C20H24N2O4S/c1-13(2)22-27(24,25)17-8-4-15(5-9-17)21-20(23)11-7-16-6-10-19(26-16)18-12-14(18)3/h4-11,13-14,18,22H,12H2,1-3H3,(H,21,23)/b11-7+. The minimum atomic E-state index is -3.54. The maximum Gasteiger partial charge on any atom is 0.248 e. The Labute approximate surface area is 159 Å². The van der Waals surface area contributed by atoms with Gasteiger partial charge in [0, 0.05) is 23.7 Å². The number of carbonyl (C=O) groups excluding carboxylic acids is 1. The number of sulfonamides is 1. The lowest BCUT2D eigenvalue weighted by molar-refractivity contribution is -0.111. The second kappa shape index (κ2) is 7.70. The van der Waals surface area contributed by atoms with Crippen molar-refractivity contribution < 1.29 is 17.6 Å². The van der Waals surface area contributed by atoms with E-state index < -0.39 is 10.0 Å². The smallest absolute Gasteiger partial charge is 0.248 e. The number of amides is 1. The summed E-state index contributed by atoms with van der Waals surface area (Å²) in [5, 5.41) is 2.70. The first-order valence-electron chi connectivity index (χ1n) is 8.96. The summed E-state index contributed by atoms with van der Waals surface area (Å²) in [6, 6.07) is 9.64. The van der Waals surface area contributed by atoms with Crippen LogP contribution in [-0.2, 0) is 14.8 Å². The van der Waals surface area contributed by atoms with E-state index in [-0.39, 0.29) is 16.8 Å². The van der Waals surface area contributed by atoms with Gasteiger partial charge in [-0.1, -0.05) is 6.92 Å². The molecule has 1 aromatic carbocycles. The van der Waals surface area contributed by atoms with Gasteiger partial charge >= 0.3 is 0 Å². The molecule has 3 rings (SSSR count). The van der Waals surface area contributed by atoms with E-state index in [4.69, 9.17) is 4.42 Å². The summed E-state index contributed by atoms with van der Waals surface area (Å²) >= 11 is 0. The lowest BCUT2D eigenvalue weighted by atomic mass is 10.3. The fourth-order valence-electron chi connectivity index (χ4n) is 2.81. The van der Waals surface area contributed by atoms with Gasteiger partial charge in [-0.2, -0.15) is 0 Å². The van der Waals surface area contributed by atoms with Crippen molar-refractivity contribution >= 4 is 27.7 Å². The Morgan fingerprint density at radius 2 is 1.85 bits per heavy atom. The molecule has 144 valence electrons. The predicted molar refractivity (Wildman–Crippen MR) is 105 cm³/mol. The van der Waals surface area contributed by atoms with Crippen LogP contribution in [0.4, 0.5) is 5.69 Å². The van der Waals surface area contributed by atoms with E-state index in [1.807, 2.05) is 12.1 Å². The molecule has 2 N–H and O–H groups in total. The van der Waals surface area contributed by atoms with Crippen molar-refractivity contribution in [2.75, 3.05) is 5.32 Å². The van der Waals surface area contributed by atoms with Gasteiger partial charge in [0.05, 0.1) is 4.90 Å². The van der Waals surface area contributed by atoms with Crippen LogP contribution in [0.25, 0.3) is 6.08 Å². The van der Waals surface area contributed by atoms with Crippen molar-refractivity contribution in [1.29, 1.82) is 0 Å². The molecule has 2 atom stereocenters. The van der Waals surface area contributed by atoms with Crippen LogP contribution in [0.2, 0.25) is 0 Å². The summed E-state index contributed by atoms with van der Waals surface area (Å²) in [5.74, 6) is 2.46. The first kappa shape index (κ1) is 19.4. The maximum absolute atomic E-state index is 12.1. The van der Waals surface area contributed by atoms with E-state index >= 15 is 0 Å². The molecule has 2 unspecified atom stereocenters. The van der Waals surface area contributed by atoms with Crippen molar-refractivity contribution in [2.24, 2.45) is 5.92 Å². The number of hydrogen-bond acceptors (Lipinski definition) is 4. The Kier molecular flexibility index (Phi) is 5.53. The molecule has 1 saturated carbocycles. The van der Waals surface area contributed by atoms with Gasteiger partial charge in [-0.15, -0.1) is 0 Å². The Hall–Kier alpha value is -2.38. The van der Waals surface area contributed by atoms with E-state index in [1.165, 1.54) is 18.2 Å². The molecule has 1 aliphatic rings. The lowest BCUT2D eigenvalue weighted by Gasteiger charge is -2.10. The minimum absolute atomic E-state index is 0.155. The highest BCUT2D eigenvalue weighted by molar-refractivity contribution is 7.89. The molecular weight excluding hydrogens is 364 g/mol. The summed E-state index contributed by atoms with van der Waals surface area (Å²) in [4.78, 5) is 12.2. The molecule has 0 aliphatic heterocycles. The van der Waals surface area contributed by atoms with E-state index in [9.17, 15) is 13.2 Å². The average molecular weight is 388 g/mol. The summed E-state index contributed by atoms with van der Waals surface area (Å²) < 4.78 is 32.4. The van der Waals surface area contributed by atoms with Crippen LogP contribution in [-0.4, -0.2) is 20.4 Å². The van der Waals surface area contributed by atoms with Crippen molar-refractivity contribution in [3.8, 4) is 0 Å². The zero-order valence-corrected chi connectivity index (χ0v) is 16.4. The highest BCUT2D eigenvalue weighted by Crippen LogP contribution is 2.47. The third-order valence-corrected chi connectivity index (χ3v) is 6.02. The van der Waals surface area contributed by atoms with Crippen LogP contribution in [0.1, 0.15) is 44.6 Å². The second-order valence-corrected chi connectivity index (χ2v) is 8.90. The molecule has 1 amide bonds. The molecule has 1 fully saturated rings. The summed E-state index contributed by atoms with van der Waals surface area (Å²) in [7, 11) is -3.54. The molecule has 0 bridgehead atoms.